The fourth-order valence-corrected chi connectivity index (χ4v) is 4.14. The first-order valence-corrected chi connectivity index (χ1v) is 10.9. The van der Waals surface area contributed by atoms with Crippen molar-refractivity contribution in [2.24, 2.45) is 0 Å². The van der Waals surface area contributed by atoms with Gasteiger partial charge in [0.1, 0.15) is 0 Å². The molecule has 0 aromatic heterocycles. The van der Waals surface area contributed by atoms with Crippen LogP contribution in [0.15, 0.2) is 42.5 Å². The number of carbonyl (C=O) groups is 2. The molecule has 31 heavy (non-hydrogen) atoms. The maximum absolute atomic E-state index is 13.5. The summed E-state index contributed by atoms with van der Waals surface area (Å²) >= 11 is 0. The van der Waals surface area contributed by atoms with Crippen molar-refractivity contribution in [3.63, 3.8) is 0 Å². The van der Waals surface area contributed by atoms with Crippen LogP contribution in [0.2, 0.25) is 0 Å². The normalized spacial score (nSPS) is 16.1. The highest BCUT2D eigenvalue weighted by atomic mass is 16.5. The summed E-state index contributed by atoms with van der Waals surface area (Å²) in [5, 5.41) is 2.76. The summed E-state index contributed by atoms with van der Waals surface area (Å²) in [6, 6.07) is 13.8. The molecule has 0 bridgehead atoms. The minimum atomic E-state index is -0.498. The molecule has 0 unspecified atom stereocenters. The smallest absolute Gasteiger partial charge is 0.411 e. The first kappa shape index (κ1) is 21.3. The second kappa shape index (κ2) is 9.94. The zero-order valence-corrected chi connectivity index (χ0v) is 17.9. The van der Waals surface area contributed by atoms with E-state index in [1.165, 1.54) is 0 Å². The Morgan fingerprint density at radius 3 is 2.55 bits per heavy atom. The van der Waals surface area contributed by atoms with E-state index in [9.17, 15) is 9.59 Å². The molecule has 2 aromatic rings. The highest BCUT2D eigenvalue weighted by Crippen LogP contribution is 2.38. The number of para-hydroxylation sites is 1. The first-order valence-electron chi connectivity index (χ1n) is 10.9. The van der Waals surface area contributed by atoms with Gasteiger partial charge in [0.05, 0.1) is 31.2 Å². The van der Waals surface area contributed by atoms with Crippen molar-refractivity contribution in [2.75, 3.05) is 49.7 Å². The maximum atomic E-state index is 13.5. The lowest BCUT2D eigenvalue weighted by atomic mass is 10.0. The predicted molar refractivity (Wildman–Crippen MR) is 120 cm³/mol. The number of hydrogen-bond acceptors (Lipinski definition) is 5. The first-order chi connectivity index (χ1) is 15.2. The number of carbonyl (C=O) groups excluding carboxylic acids is 2. The number of aryl methyl sites for hydroxylation is 2. The number of nitrogens with one attached hydrogen (secondary N) is 1. The van der Waals surface area contributed by atoms with E-state index in [4.69, 9.17) is 9.47 Å². The molecule has 0 radical (unpaired) electrons. The molecule has 1 fully saturated rings. The minimum Gasteiger partial charge on any atom is -0.450 e. The van der Waals surface area contributed by atoms with Crippen LogP contribution >= 0.6 is 0 Å². The van der Waals surface area contributed by atoms with E-state index in [-0.39, 0.29) is 5.91 Å². The SMILES string of the molecule is CCOC(=O)Nc1ccc2c(c1)N(C(=O)CCN1CCOCC1)c1ccccc1CC2. The molecule has 2 aliphatic rings. The van der Waals surface area contributed by atoms with Crippen LogP contribution in [-0.4, -0.2) is 56.4 Å². The molecule has 2 heterocycles. The maximum Gasteiger partial charge on any atom is 0.411 e. The summed E-state index contributed by atoms with van der Waals surface area (Å²) in [7, 11) is 0. The lowest BCUT2D eigenvalue weighted by molar-refractivity contribution is -0.118. The summed E-state index contributed by atoms with van der Waals surface area (Å²) in [5.74, 6) is 0.0513. The Kier molecular flexibility index (Phi) is 6.84. The Morgan fingerprint density at radius 1 is 1.03 bits per heavy atom. The monoisotopic (exact) mass is 423 g/mol. The van der Waals surface area contributed by atoms with Gasteiger partial charge in [-0.1, -0.05) is 24.3 Å². The molecule has 164 valence electrons. The van der Waals surface area contributed by atoms with Gasteiger partial charge in [0.15, 0.2) is 0 Å². The van der Waals surface area contributed by atoms with E-state index in [0.717, 1.165) is 48.4 Å². The number of amides is 2. The van der Waals surface area contributed by atoms with Gasteiger partial charge in [-0.25, -0.2) is 4.79 Å². The van der Waals surface area contributed by atoms with Gasteiger partial charge in [-0.2, -0.15) is 0 Å². The van der Waals surface area contributed by atoms with Crippen LogP contribution in [-0.2, 0) is 27.1 Å². The minimum absolute atomic E-state index is 0.0513. The highest BCUT2D eigenvalue weighted by molar-refractivity contribution is 6.03. The van der Waals surface area contributed by atoms with Gasteiger partial charge in [0.2, 0.25) is 5.91 Å². The van der Waals surface area contributed by atoms with Gasteiger partial charge < -0.3 is 9.47 Å². The zero-order chi connectivity index (χ0) is 21.6. The fourth-order valence-electron chi connectivity index (χ4n) is 4.14. The molecule has 0 aliphatic carbocycles. The van der Waals surface area contributed by atoms with Gasteiger partial charge in [0, 0.05) is 31.7 Å². The summed E-state index contributed by atoms with van der Waals surface area (Å²) in [5.41, 5.74) is 4.60. The van der Waals surface area contributed by atoms with E-state index < -0.39 is 6.09 Å². The van der Waals surface area contributed by atoms with Crippen molar-refractivity contribution < 1.29 is 19.1 Å². The summed E-state index contributed by atoms with van der Waals surface area (Å²) in [6.45, 7) is 5.91. The van der Waals surface area contributed by atoms with Gasteiger partial charge >= 0.3 is 6.09 Å². The van der Waals surface area contributed by atoms with Crippen molar-refractivity contribution >= 4 is 29.1 Å². The van der Waals surface area contributed by atoms with E-state index in [0.29, 0.717) is 38.5 Å². The van der Waals surface area contributed by atoms with E-state index in [1.807, 2.05) is 41.3 Å². The molecule has 4 rings (SSSR count). The molecule has 1 N–H and O–H groups in total. The van der Waals surface area contributed by atoms with Gasteiger partial charge in [-0.15, -0.1) is 0 Å². The van der Waals surface area contributed by atoms with Crippen LogP contribution < -0.4 is 10.2 Å². The van der Waals surface area contributed by atoms with Crippen LogP contribution in [0.25, 0.3) is 0 Å². The third-order valence-electron chi connectivity index (χ3n) is 5.74. The van der Waals surface area contributed by atoms with E-state index in [1.54, 1.807) is 6.92 Å². The number of ether oxygens (including phenoxy) is 2. The zero-order valence-electron chi connectivity index (χ0n) is 17.9. The predicted octanol–water partition coefficient (Wildman–Crippen LogP) is 3.74. The number of benzene rings is 2. The third-order valence-corrected chi connectivity index (χ3v) is 5.74. The third kappa shape index (κ3) is 5.06. The fraction of sp³-hybridized carbons (Fsp3) is 0.417. The number of hydrogen-bond donors (Lipinski definition) is 1. The van der Waals surface area contributed by atoms with Crippen LogP contribution in [0.4, 0.5) is 21.9 Å². The number of fused-ring (bicyclic) bond motifs is 2. The summed E-state index contributed by atoms with van der Waals surface area (Å²) in [6.07, 6.45) is 1.62. The molecule has 0 spiro atoms. The molecular weight excluding hydrogens is 394 g/mol. The average Bonchev–Trinajstić information content (AvgIpc) is 2.95. The average molecular weight is 424 g/mol. The molecule has 0 atom stereocenters. The van der Waals surface area contributed by atoms with Crippen LogP contribution in [0, 0.1) is 0 Å². The second-order valence-corrected chi connectivity index (χ2v) is 7.75. The van der Waals surface area contributed by atoms with Gasteiger partial charge in [-0.05, 0) is 49.1 Å². The summed E-state index contributed by atoms with van der Waals surface area (Å²) < 4.78 is 10.4. The Balaban J connectivity index is 1.63. The molecule has 2 amide bonds. The van der Waals surface area contributed by atoms with Crippen molar-refractivity contribution in [2.45, 2.75) is 26.2 Å². The Morgan fingerprint density at radius 2 is 1.77 bits per heavy atom. The molecule has 2 aromatic carbocycles. The van der Waals surface area contributed by atoms with Gasteiger partial charge in [0.25, 0.3) is 0 Å². The van der Waals surface area contributed by atoms with Crippen molar-refractivity contribution in [1.82, 2.24) is 4.90 Å². The number of nitrogens with zero attached hydrogens (tertiary/aromatic N) is 2. The van der Waals surface area contributed by atoms with E-state index in [2.05, 4.69) is 16.3 Å². The molecular formula is C24H29N3O4. The second-order valence-electron chi connectivity index (χ2n) is 7.75. The molecule has 7 heteroatoms. The van der Waals surface area contributed by atoms with Crippen LogP contribution in [0.3, 0.4) is 0 Å². The van der Waals surface area contributed by atoms with Crippen molar-refractivity contribution in [3.8, 4) is 0 Å². The molecule has 0 saturated carbocycles. The number of morpholine rings is 1. The molecule has 1 saturated heterocycles. The van der Waals surface area contributed by atoms with Crippen molar-refractivity contribution in [3.05, 3.63) is 53.6 Å². The Labute approximate surface area is 182 Å². The highest BCUT2D eigenvalue weighted by Gasteiger charge is 2.26. The molecule has 7 nitrogen and oxygen atoms in total. The number of anilines is 3. The Hall–Kier alpha value is -2.90. The lowest BCUT2D eigenvalue weighted by Gasteiger charge is -2.29. The lowest BCUT2D eigenvalue weighted by Crippen LogP contribution is -2.39. The van der Waals surface area contributed by atoms with Crippen LogP contribution in [0.1, 0.15) is 24.5 Å². The largest absolute Gasteiger partial charge is 0.450 e. The number of rotatable bonds is 5. The van der Waals surface area contributed by atoms with Crippen LogP contribution in [0.5, 0.6) is 0 Å². The Bertz CT molecular complexity index is 940. The van der Waals surface area contributed by atoms with Crippen molar-refractivity contribution in [1.29, 1.82) is 0 Å². The van der Waals surface area contributed by atoms with Gasteiger partial charge in [-0.3, -0.25) is 19.9 Å². The summed E-state index contributed by atoms with van der Waals surface area (Å²) in [4.78, 5) is 29.5. The topological polar surface area (TPSA) is 71.1 Å². The quantitative estimate of drug-likeness (QED) is 0.793. The standard InChI is InChI=1S/C24H29N3O4/c1-2-31-24(29)25-20-10-9-19-8-7-18-5-3-4-6-21(18)27(22(19)17-20)23(28)11-12-26-13-15-30-16-14-26/h3-6,9-10,17H,2,7-8,11-16H2,1H3,(H,25,29). The van der Waals surface area contributed by atoms with E-state index >= 15 is 0 Å². The molecule has 2 aliphatic heterocycles.